The van der Waals surface area contributed by atoms with Gasteiger partial charge in [-0.2, -0.15) is 0 Å². The Morgan fingerprint density at radius 2 is 1.63 bits per heavy atom. The maximum atomic E-state index is 12.9. The van der Waals surface area contributed by atoms with Crippen LogP contribution in [0.3, 0.4) is 0 Å². The summed E-state index contributed by atoms with van der Waals surface area (Å²) in [5.41, 5.74) is 3.22. The maximum absolute atomic E-state index is 12.9. The standard InChI is InChI=1S/C21H21FN4O/c1-14(2)16-5-9-19(10-6-16)26-20(27)17-12-24-21(25-13-17)23-11-15-3-7-18(22)8-4-15/h3-10,12-14H,11H2,1-2H3,(H,26,27)(H,23,24,25). The quantitative estimate of drug-likeness (QED) is 0.671. The molecular formula is C21H21FN4O. The monoisotopic (exact) mass is 364 g/mol. The molecule has 6 heteroatoms. The first-order valence-electron chi connectivity index (χ1n) is 8.73. The molecule has 0 aliphatic carbocycles. The van der Waals surface area contributed by atoms with E-state index >= 15 is 0 Å². The third-order valence-corrected chi connectivity index (χ3v) is 4.11. The predicted molar refractivity (Wildman–Crippen MR) is 104 cm³/mol. The topological polar surface area (TPSA) is 66.9 Å². The zero-order valence-electron chi connectivity index (χ0n) is 15.2. The molecule has 1 heterocycles. The lowest BCUT2D eigenvalue weighted by atomic mass is 10.0. The number of nitrogens with zero attached hydrogens (tertiary/aromatic N) is 2. The lowest BCUT2D eigenvalue weighted by Crippen LogP contribution is -2.13. The van der Waals surface area contributed by atoms with Crippen LogP contribution in [0.4, 0.5) is 16.0 Å². The Morgan fingerprint density at radius 1 is 1.00 bits per heavy atom. The third kappa shape index (κ3) is 5.10. The fraction of sp³-hybridized carbons (Fsp3) is 0.190. The lowest BCUT2D eigenvalue weighted by Gasteiger charge is -2.09. The van der Waals surface area contributed by atoms with Gasteiger partial charge in [0, 0.05) is 24.6 Å². The maximum Gasteiger partial charge on any atom is 0.258 e. The summed E-state index contributed by atoms with van der Waals surface area (Å²) >= 11 is 0. The molecule has 2 aromatic carbocycles. The number of hydrogen-bond donors (Lipinski definition) is 2. The van der Waals surface area contributed by atoms with Gasteiger partial charge in [0.15, 0.2) is 0 Å². The summed E-state index contributed by atoms with van der Waals surface area (Å²) < 4.78 is 12.9. The second-order valence-corrected chi connectivity index (χ2v) is 6.51. The van der Waals surface area contributed by atoms with Crippen LogP contribution in [0, 0.1) is 5.82 Å². The van der Waals surface area contributed by atoms with Crippen LogP contribution in [0.15, 0.2) is 60.9 Å². The number of anilines is 2. The molecule has 0 bridgehead atoms. The van der Waals surface area contributed by atoms with E-state index in [0.29, 0.717) is 24.0 Å². The van der Waals surface area contributed by atoms with Crippen LogP contribution in [0.1, 0.15) is 41.3 Å². The number of rotatable bonds is 6. The average molecular weight is 364 g/mol. The number of amides is 1. The molecule has 0 saturated carbocycles. The fourth-order valence-corrected chi connectivity index (χ4v) is 2.47. The highest BCUT2D eigenvalue weighted by Gasteiger charge is 2.08. The summed E-state index contributed by atoms with van der Waals surface area (Å²) in [5.74, 6) is 0.303. The first kappa shape index (κ1) is 18.5. The van der Waals surface area contributed by atoms with Crippen molar-refractivity contribution in [1.82, 2.24) is 9.97 Å². The van der Waals surface area contributed by atoms with Crippen LogP contribution in [0.2, 0.25) is 0 Å². The highest BCUT2D eigenvalue weighted by molar-refractivity contribution is 6.03. The molecule has 1 amide bonds. The van der Waals surface area contributed by atoms with Gasteiger partial charge in [-0.15, -0.1) is 0 Å². The van der Waals surface area contributed by atoms with E-state index in [2.05, 4.69) is 34.4 Å². The minimum absolute atomic E-state index is 0.266. The molecule has 0 saturated heterocycles. The molecule has 1 aromatic heterocycles. The van der Waals surface area contributed by atoms with Gasteiger partial charge in [0.2, 0.25) is 5.95 Å². The van der Waals surface area contributed by atoms with Crippen molar-refractivity contribution in [2.75, 3.05) is 10.6 Å². The Morgan fingerprint density at radius 3 is 2.22 bits per heavy atom. The minimum atomic E-state index is -0.274. The summed E-state index contributed by atoms with van der Waals surface area (Å²) in [6, 6.07) is 13.9. The van der Waals surface area contributed by atoms with Gasteiger partial charge in [0.25, 0.3) is 5.91 Å². The number of nitrogens with one attached hydrogen (secondary N) is 2. The molecule has 0 aliphatic heterocycles. The van der Waals surface area contributed by atoms with E-state index in [9.17, 15) is 9.18 Å². The van der Waals surface area contributed by atoms with E-state index in [4.69, 9.17) is 0 Å². The van der Waals surface area contributed by atoms with Gasteiger partial charge in [-0.25, -0.2) is 14.4 Å². The van der Waals surface area contributed by atoms with E-state index in [-0.39, 0.29) is 11.7 Å². The van der Waals surface area contributed by atoms with Crippen molar-refractivity contribution in [2.24, 2.45) is 0 Å². The zero-order chi connectivity index (χ0) is 19.2. The highest BCUT2D eigenvalue weighted by Crippen LogP contribution is 2.17. The van der Waals surface area contributed by atoms with Gasteiger partial charge in [0.05, 0.1) is 5.56 Å². The van der Waals surface area contributed by atoms with Crippen LogP contribution in [0.5, 0.6) is 0 Å². The Bertz CT molecular complexity index is 891. The van der Waals surface area contributed by atoms with Gasteiger partial charge >= 0.3 is 0 Å². The smallest absolute Gasteiger partial charge is 0.258 e. The molecule has 5 nitrogen and oxygen atoms in total. The van der Waals surface area contributed by atoms with Crippen LogP contribution < -0.4 is 10.6 Å². The summed E-state index contributed by atoms with van der Waals surface area (Å²) in [6.45, 7) is 4.71. The molecule has 3 aromatic rings. The first-order chi connectivity index (χ1) is 13.0. The normalized spacial score (nSPS) is 10.7. The van der Waals surface area contributed by atoms with E-state index in [1.807, 2.05) is 24.3 Å². The van der Waals surface area contributed by atoms with E-state index < -0.39 is 0 Å². The molecule has 0 radical (unpaired) electrons. The van der Waals surface area contributed by atoms with Crippen LogP contribution >= 0.6 is 0 Å². The Balaban J connectivity index is 1.57. The number of carbonyl (C=O) groups is 1. The third-order valence-electron chi connectivity index (χ3n) is 4.11. The Hall–Kier alpha value is -3.28. The Labute approximate surface area is 157 Å². The van der Waals surface area contributed by atoms with Crippen molar-refractivity contribution in [3.63, 3.8) is 0 Å². The van der Waals surface area contributed by atoms with Gasteiger partial charge in [-0.3, -0.25) is 4.79 Å². The van der Waals surface area contributed by atoms with Crippen LogP contribution in [0.25, 0.3) is 0 Å². The SMILES string of the molecule is CC(C)c1ccc(NC(=O)c2cnc(NCc3ccc(F)cc3)nc2)cc1. The van der Waals surface area contributed by atoms with E-state index in [0.717, 1.165) is 11.3 Å². The van der Waals surface area contributed by atoms with Gasteiger partial charge in [-0.1, -0.05) is 38.1 Å². The van der Waals surface area contributed by atoms with Crippen LogP contribution in [-0.2, 0) is 6.54 Å². The van der Waals surface area contributed by atoms with Gasteiger partial charge < -0.3 is 10.6 Å². The van der Waals surface area contributed by atoms with Crippen molar-refractivity contribution < 1.29 is 9.18 Å². The first-order valence-corrected chi connectivity index (χ1v) is 8.73. The number of halogens is 1. The summed E-state index contributed by atoms with van der Waals surface area (Å²) in [6.07, 6.45) is 2.94. The van der Waals surface area contributed by atoms with Crippen molar-refractivity contribution in [3.8, 4) is 0 Å². The second-order valence-electron chi connectivity index (χ2n) is 6.51. The number of benzene rings is 2. The average Bonchev–Trinajstić information content (AvgIpc) is 2.68. The summed E-state index contributed by atoms with van der Waals surface area (Å²) in [4.78, 5) is 20.6. The molecule has 0 spiro atoms. The van der Waals surface area contributed by atoms with Crippen molar-refractivity contribution in [1.29, 1.82) is 0 Å². The number of aromatic nitrogens is 2. The lowest BCUT2D eigenvalue weighted by molar-refractivity contribution is 0.102. The molecule has 138 valence electrons. The zero-order valence-corrected chi connectivity index (χ0v) is 15.2. The fourth-order valence-electron chi connectivity index (χ4n) is 2.47. The Kier molecular flexibility index (Phi) is 5.76. The van der Waals surface area contributed by atoms with Crippen LogP contribution in [-0.4, -0.2) is 15.9 Å². The highest BCUT2D eigenvalue weighted by atomic mass is 19.1. The second kappa shape index (κ2) is 8.40. The van der Waals surface area contributed by atoms with Gasteiger partial charge in [-0.05, 0) is 41.3 Å². The molecule has 0 unspecified atom stereocenters. The van der Waals surface area contributed by atoms with Crippen molar-refractivity contribution in [3.05, 3.63) is 83.4 Å². The van der Waals surface area contributed by atoms with Crippen molar-refractivity contribution >= 4 is 17.5 Å². The molecular weight excluding hydrogens is 343 g/mol. The van der Waals surface area contributed by atoms with E-state index in [1.165, 1.54) is 30.1 Å². The predicted octanol–water partition coefficient (Wildman–Crippen LogP) is 4.60. The summed E-state index contributed by atoms with van der Waals surface area (Å²) in [7, 11) is 0. The molecule has 2 N–H and O–H groups in total. The minimum Gasteiger partial charge on any atom is -0.350 e. The molecule has 0 aliphatic rings. The van der Waals surface area contributed by atoms with Crippen molar-refractivity contribution in [2.45, 2.75) is 26.3 Å². The van der Waals surface area contributed by atoms with Gasteiger partial charge in [0.1, 0.15) is 5.82 Å². The molecule has 0 fully saturated rings. The molecule has 3 rings (SSSR count). The largest absolute Gasteiger partial charge is 0.350 e. The number of carbonyl (C=O) groups excluding carboxylic acids is 1. The number of hydrogen-bond acceptors (Lipinski definition) is 4. The summed E-state index contributed by atoms with van der Waals surface area (Å²) in [5, 5.41) is 5.87. The molecule has 0 atom stereocenters. The van der Waals surface area contributed by atoms with E-state index in [1.54, 1.807) is 12.1 Å². The molecule has 27 heavy (non-hydrogen) atoms.